The quantitative estimate of drug-likeness (QED) is 0.759. The van der Waals surface area contributed by atoms with Gasteiger partial charge in [-0.3, -0.25) is 0 Å². The molecule has 1 aliphatic heterocycles. The number of hydrogen-bond donors (Lipinski definition) is 0. The summed E-state index contributed by atoms with van der Waals surface area (Å²) in [6, 6.07) is 9.42. The van der Waals surface area contributed by atoms with Gasteiger partial charge in [0, 0.05) is 6.54 Å². The van der Waals surface area contributed by atoms with Crippen molar-refractivity contribution in [2.24, 2.45) is 0 Å². The SMILES string of the molecule is CN1CCCC(Oc2ccc(C#N)cc2)C1. The molecule has 3 nitrogen and oxygen atoms in total. The van der Waals surface area contributed by atoms with Crippen LogP contribution in [0.15, 0.2) is 24.3 Å². The monoisotopic (exact) mass is 216 g/mol. The number of rotatable bonds is 2. The summed E-state index contributed by atoms with van der Waals surface area (Å²) in [5.41, 5.74) is 0.674. The van der Waals surface area contributed by atoms with E-state index in [1.807, 2.05) is 12.1 Å². The Labute approximate surface area is 96.2 Å². The third-order valence-corrected chi connectivity index (χ3v) is 2.87. The molecule has 84 valence electrons. The average molecular weight is 216 g/mol. The summed E-state index contributed by atoms with van der Waals surface area (Å²) in [6.07, 6.45) is 2.59. The second-order valence-electron chi connectivity index (χ2n) is 4.28. The first-order chi connectivity index (χ1) is 7.78. The summed E-state index contributed by atoms with van der Waals surface area (Å²) in [5, 5.41) is 8.69. The van der Waals surface area contributed by atoms with E-state index in [1.54, 1.807) is 12.1 Å². The molecular formula is C13H16N2O. The number of piperidine rings is 1. The molecule has 1 fully saturated rings. The van der Waals surface area contributed by atoms with Crippen molar-refractivity contribution in [2.45, 2.75) is 18.9 Å². The van der Waals surface area contributed by atoms with Crippen molar-refractivity contribution in [1.29, 1.82) is 5.26 Å². The molecule has 0 aromatic heterocycles. The number of hydrogen-bond acceptors (Lipinski definition) is 3. The number of benzene rings is 1. The minimum atomic E-state index is 0.284. The third kappa shape index (κ3) is 2.74. The molecule has 0 spiro atoms. The minimum absolute atomic E-state index is 0.284. The first-order valence-electron chi connectivity index (χ1n) is 5.63. The van der Waals surface area contributed by atoms with Gasteiger partial charge in [-0.15, -0.1) is 0 Å². The van der Waals surface area contributed by atoms with Crippen molar-refractivity contribution in [3.05, 3.63) is 29.8 Å². The van der Waals surface area contributed by atoms with E-state index >= 15 is 0 Å². The Hall–Kier alpha value is -1.53. The molecule has 0 amide bonds. The molecule has 2 rings (SSSR count). The Kier molecular flexibility index (Phi) is 3.43. The van der Waals surface area contributed by atoms with E-state index in [4.69, 9.17) is 10.00 Å². The fraction of sp³-hybridized carbons (Fsp3) is 0.462. The van der Waals surface area contributed by atoms with Gasteiger partial charge in [0.1, 0.15) is 11.9 Å². The molecule has 0 aliphatic carbocycles. The third-order valence-electron chi connectivity index (χ3n) is 2.87. The van der Waals surface area contributed by atoms with E-state index in [1.165, 1.54) is 6.42 Å². The molecule has 1 aromatic rings. The predicted molar refractivity (Wildman–Crippen MR) is 62.3 cm³/mol. The molecule has 0 saturated carbocycles. The Bertz CT molecular complexity index is 380. The number of likely N-dealkylation sites (tertiary alicyclic amines) is 1. The zero-order valence-electron chi connectivity index (χ0n) is 9.52. The number of nitriles is 1. The molecule has 1 saturated heterocycles. The van der Waals surface area contributed by atoms with Gasteiger partial charge in [0.2, 0.25) is 0 Å². The maximum absolute atomic E-state index is 8.69. The van der Waals surface area contributed by atoms with Crippen LogP contribution in [-0.4, -0.2) is 31.1 Å². The highest BCUT2D eigenvalue weighted by atomic mass is 16.5. The van der Waals surface area contributed by atoms with E-state index in [0.717, 1.165) is 25.3 Å². The van der Waals surface area contributed by atoms with E-state index in [2.05, 4.69) is 18.0 Å². The maximum Gasteiger partial charge on any atom is 0.119 e. The molecule has 0 radical (unpaired) electrons. The Morgan fingerprint density at radius 2 is 2.12 bits per heavy atom. The van der Waals surface area contributed by atoms with Crippen molar-refractivity contribution >= 4 is 0 Å². The van der Waals surface area contributed by atoms with Crippen LogP contribution in [0.1, 0.15) is 18.4 Å². The van der Waals surface area contributed by atoms with Crippen molar-refractivity contribution in [2.75, 3.05) is 20.1 Å². The van der Waals surface area contributed by atoms with Crippen LogP contribution in [0.25, 0.3) is 0 Å². The van der Waals surface area contributed by atoms with Gasteiger partial charge in [-0.1, -0.05) is 0 Å². The summed E-state index contributed by atoms with van der Waals surface area (Å²) in [4.78, 5) is 2.29. The Morgan fingerprint density at radius 3 is 2.75 bits per heavy atom. The summed E-state index contributed by atoms with van der Waals surface area (Å²) in [6.45, 7) is 2.15. The molecule has 0 N–H and O–H groups in total. The van der Waals surface area contributed by atoms with Crippen LogP contribution in [0.4, 0.5) is 0 Å². The highest BCUT2D eigenvalue weighted by molar-refractivity contribution is 5.34. The second-order valence-corrected chi connectivity index (χ2v) is 4.28. The van der Waals surface area contributed by atoms with Crippen LogP contribution in [0.2, 0.25) is 0 Å². The predicted octanol–water partition coefficient (Wildman–Crippen LogP) is 2.03. The maximum atomic E-state index is 8.69. The number of likely N-dealkylation sites (N-methyl/N-ethyl adjacent to an activating group) is 1. The Morgan fingerprint density at radius 1 is 1.38 bits per heavy atom. The van der Waals surface area contributed by atoms with Crippen LogP contribution in [0, 0.1) is 11.3 Å². The topological polar surface area (TPSA) is 36.3 Å². The zero-order valence-corrected chi connectivity index (χ0v) is 9.52. The van der Waals surface area contributed by atoms with E-state index in [0.29, 0.717) is 5.56 Å². The van der Waals surface area contributed by atoms with Gasteiger partial charge in [-0.05, 0) is 50.7 Å². The van der Waals surface area contributed by atoms with Crippen molar-refractivity contribution in [3.63, 3.8) is 0 Å². The lowest BCUT2D eigenvalue weighted by molar-refractivity contribution is 0.104. The molecule has 1 atom stereocenters. The fourth-order valence-electron chi connectivity index (χ4n) is 2.02. The van der Waals surface area contributed by atoms with Gasteiger partial charge in [0.15, 0.2) is 0 Å². The summed E-state index contributed by atoms with van der Waals surface area (Å²) >= 11 is 0. The molecule has 1 unspecified atom stereocenters. The average Bonchev–Trinajstić information content (AvgIpc) is 2.30. The standard InChI is InChI=1S/C13H16N2O/c1-15-8-2-3-13(10-15)16-12-6-4-11(9-14)5-7-12/h4-7,13H,2-3,8,10H2,1H3. The molecule has 0 bridgehead atoms. The number of ether oxygens (including phenoxy) is 1. The van der Waals surface area contributed by atoms with Crippen LogP contribution < -0.4 is 4.74 Å². The smallest absolute Gasteiger partial charge is 0.119 e. The fourth-order valence-corrected chi connectivity index (χ4v) is 2.02. The molecule has 1 heterocycles. The Balaban J connectivity index is 1.95. The molecule has 3 heteroatoms. The van der Waals surface area contributed by atoms with Crippen molar-refractivity contribution < 1.29 is 4.74 Å². The summed E-state index contributed by atoms with van der Waals surface area (Å²) in [7, 11) is 2.12. The normalized spacial score (nSPS) is 21.4. The van der Waals surface area contributed by atoms with Crippen molar-refractivity contribution in [3.8, 4) is 11.8 Å². The lowest BCUT2D eigenvalue weighted by atomic mass is 10.1. The van der Waals surface area contributed by atoms with Crippen LogP contribution in [0.3, 0.4) is 0 Å². The van der Waals surface area contributed by atoms with E-state index < -0.39 is 0 Å². The first kappa shape index (κ1) is 11.0. The van der Waals surface area contributed by atoms with Crippen LogP contribution in [-0.2, 0) is 0 Å². The largest absolute Gasteiger partial charge is 0.489 e. The van der Waals surface area contributed by atoms with Gasteiger partial charge < -0.3 is 9.64 Å². The van der Waals surface area contributed by atoms with E-state index in [9.17, 15) is 0 Å². The minimum Gasteiger partial charge on any atom is -0.489 e. The highest BCUT2D eigenvalue weighted by Crippen LogP contribution is 2.18. The molecule has 1 aromatic carbocycles. The van der Waals surface area contributed by atoms with Gasteiger partial charge >= 0.3 is 0 Å². The molecular weight excluding hydrogens is 200 g/mol. The number of nitrogens with zero attached hydrogens (tertiary/aromatic N) is 2. The van der Waals surface area contributed by atoms with Gasteiger partial charge in [-0.2, -0.15) is 5.26 Å². The van der Waals surface area contributed by atoms with E-state index in [-0.39, 0.29) is 6.10 Å². The molecule has 16 heavy (non-hydrogen) atoms. The zero-order chi connectivity index (χ0) is 11.4. The van der Waals surface area contributed by atoms with Gasteiger partial charge in [0.05, 0.1) is 11.6 Å². The van der Waals surface area contributed by atoms with Crippen LogP contribution in [0.5, 0.6) is 5.75 Å². The highest BCUT2D eigenvalue weighted by Gasteiger charge is 2.18. The van der Waals surface area contributed by atoms with Gasteiger partial charge in [-0.25, -0.2) is 0 Å². The molecule has 1 aliphatic rings. The summed E-state index contributed by atoms with van der Waals surface area (Å²) in [5.74, 6) is 0.860. The van der Waals surface area contributed by atoms with Gasteiger partial charge in [0.25, 0.3) is 0 Å². The second kappa shape index (κ2) is 5.00. The van der Waals surface area contributed by atoms with Crippen molar-refractivity contribution in [1.82, 2.24) is 4.90 Å². The lowest BCUT2D eigenvalue weighted by Crippen LogP contribution is -2.38. The van der Waals surface area contributed by atoms with Crippen LogP contribution >= 0.6 is 0 Å². The first-order valence-corrected chi connectivity index (χ1v) is 5.63. The lowest BCUT2D eigenvalue weighted by Gasteiger charge is -2.29. The summed E-state index contributed by atoms with van der Waals surface area (Å²) < 4.78 is 5.87.